The SMILES string of the molecule is CC(CC1CCC1)NCc1cccs1. The van der Waals surface area contributed by atoms with Crippen LogP contribution in [0.15, 0.2) is 17.5 Å². The maximum Gasteiger partial charge on any atom is 0.0302 e. The first-order valence-corrected chi connectivity index (χ1v) is 6.48. The Labute approximate surface area is 90.5 Å². The average molecular weight is 209 g/mol. The van der Waals surface area contributed by atoms with E-state index in [2.05, 4.69) is 29.8 Å². The highest BCUT2D eigenvalue weighted by molar-refractivity contribution is 7.09. The lowest BCUT2D eigenvalue weighted by Crippen LogP contribution is -2.29. The maximum absolute atomic E-state index is 3.59. The Morgan fingerprint density at radius 1 is 1.57 bits per heavy atom. The minimum atomic E-state index is 0.683. The molecule has 1 aliphatic carbocycles. The van der Waals surface area contributed by atoms with Crippen LogP contribution in [-0.2, 0) is 6.54 Å². The Bertz CT molecular complexity index is 251. The molecule has 1 aliphatic rings. The lowest BCUT2D eigenvalue weighted by atomic mass is 9.81. The topological polar surface area (TPSA) is 12.0 Å². The molecular formula is C12H19NS. The van der Waals surface area contributed by atoms with Crippen molar-refractivity contribution in [2.24, 2.45) is 5.92 Å². The molecule has 0 aliphatic heterocycles. The van der Waals surface area contributed by atoms with Crippen molar-refractivity contribution in [1.29, 1.82) is 0 Å². The predicted octanol–water partition coefficient (Wildman–Crippen LogP) is 3.42. The van der Waals surface area contributed by atoms with Crippen LogP contribution in [0.25, 0.3) is 0 Å². The Hall–Kier alpha value is -0.340. The summed E-state index contributed by atoms with van der Waals surface area (Å²) in [4.78, 5) is 1.45. The second-order valence-electron chi connectivity index (χ2n) is 4.39. The van der Waals surface area contributed by atoms with Gasteiger partial charge in [-0.05, 0) is 30.7 Å². The zero-order valence-corrected chi connectivity index (χ0v) is 9.65. The van der Waals surface area contributed by atoms with E-state index in [0.29, 0.717) is 6.04 Å². The molecule has 14 heavy (non-hydrogen) atoms. The average Bonchev–Trinajstić information content (AvgIpc) is 2.60. The normalized spacial score (nSPS) is 19.2. The number of rotatable bonds is 5. The van der Waals surface area contributed by atoms with E-state index in [0.717, 1.165) is 12.5 Å². The summed E-state index contributed by atoms with van der Waals surface area (Å²) in [6.07, 6.45) is 5.75. The van der Waals surface area contributed by atoms with E-state index in [1.165, 1.54) is 30.6 Å². The van der Waals surface area contributed by atoms with Crippen LogP contribution in [0.4, 0.5) is 0 Å². The third-order valence-electron chi connectivity index (χ3n) is 3.12. The summed E-state index contributed by atoms with van der Waals surface area (Å²) in [5.41, 5.74) is 0. The summed E-state index contributed by atoms with van der Waals surface area (Å²) >= 11 is 1.84. The monoisotopic (exact) mass is 209 g/mol. The third-order valence-corrected chi connectivity index (χ3v) is 3.99. The number of nitrogens with one attached hydrogen (secondary N) is 1. The van der Waals surface area contributed by atoms with Gasteiger partial charge in [0.2, 0.25) is 0 Å². The van der Waals surface area contributed by atoms with Gasteiger partial charge in [-0.15, -0.1) is 11.3 Å². The first kappa shape index (κ1) is 10.2. The summed E-state index contributed by atoms with van der Waals surface area (Å²) in [7, 11) is 0. The molecule has 1 N–H and O–H groups in total. The van der Waals surface area contributed by atoms with Crippen molar-refractivity contribution in [2.75, 3.05) is 0 Å². The van der Waals surface area contributed by atoms with Gasteiger partial charge in [0.15, 0.2) is 0 Å². The minimum Gasteiger partial charge on any atom is -0.309 e. The first-order valence-electron chi connectivity index (χ1n) is 5.60. The molecule has 0 radical (unpaired) electrons. The molecular weight excluding hydrogens is 190 g/mol. The summed E-state index contributed by atoms with van der Waals surface area (Å²) in [6, 6.07) is 5.01. The van der Waals surface area contributed by atoms with E-state index in [1.54, 1.807) is 0 Å². The first-order chi connectivity index (χ1) is 6.84. The molecule has 2 heteroatoms. The Balaban J connectivity index is 1.64. The number of thiophene rings is 1. The van der Waals surface area contributed by atoms with Gasteiger partial charge in [0.25, 0.3) is 0 Å². The van der Waals surface area contributed by atoms with Gasteiger partial charge in [-0.3, -0.25) is 0 Å². The molecule has 0 amide bonds. The van der Waals surface area contributed by atoms with Crippen LogP contribution in [0.1, 0.15) is 37.5 Å². The molecule has 78 valence electrons. The van der Waals surface area contributed by atoms with Crippen LogP contribution in [0.2, 0.25) is 0 Å². The van der Waals surface area contributed by atoms with Crippen molar-refractivity contribution in [3.63, 3.8) is 0 Å². The third kappa shape index (κ3) is 2.82. The highest BCUT2D eigenvalue weighted by atomic mass is 32.1. The van der Waals surface area contributed by atoms with Gasteiger partial charge in [0.05, 0.1) is 0 Å². The molecule has 0 aromatic carbocycles. The zero-order valence-electron chi connectivity index (χ0n) is 8.83. The van der Waals surface area contributed by atoms with Crippen LogP contribution in [0.3, 0.4) is 0 Å². The standard InChI is InChI=1S/C12H19NS/c1-10(8-11-4-2-5-11)13-9-12-6-3-7-14-12/h3,6-7,10-11,13H,2,4-5,8-9H2,1H3. The quantitative estimate of drug-likeness (QED) is 0.783. The second kappa shape index (κ2) is 4.94. The summed E-state index contributed by atoms with van der Waals surface area (Å²) in [5, 5.41) is 5.74. The van der Waals surface area contributed by atoms with E-state index in [-0.39, 0.29) is 0 Å². The van der Waals surface area contributed by atoms with Crippen molar-refractivity contribution in [2.45, 2.75) is 45.2 Å². The van der Waals surface area contributed by atoms with Gasteiger partial charge in [0, 0.05) is 17.5 Å². The molecule has 1 nitrogen and oxygen atoms in total. The largest absolute Gasteiger partial charge is 0.309 e. The molecule has 1 heterocycles. The molecule has 1 unspecified atom stereocenters. The highest BCUT2D eigenvalue weighted by Crippen LogP contribution is 2.30. The number of hydrogen-bond acceptors (Lipinski definition) is 2. The van der Waals surface area contributed by atoms with Gasteiger partial charge in [-0.2, -0.15) is 0 Å². The Kier molecular flexibility index (Phi) is 3.60. The molecule has 0 bridgehead atoms. The molecule has 1 aromatic rings. The van der Waals surface area contributed by atoms with E-state index in [4.69, 9.17) is 0 Å². The van der Waals surface area contributed by atoms with Crippen LogP contribution in [0.5, 0.6) is 0 Å². The van der Waals surface area contributed by atoms with Crippen LogP contribution in [0, 0.1) is 5.92 Å². The van der Waals surface area contributed by atoms with Gasteiger partial charge >= 0.3 is 0 Å². The zero-order chi connectivity index (χ0) is 9.80. The van der Waals surface area contributed by atoms with Crippen molar-refractivity contribution < 1.29 is 0 Å². The maximum atomic E-state index is 3.59. The van der Waals surface area contributed by atoms with E-state index < -0.39 is 0 Å². The fourth-order valence-corrected chi connectivity index (χ4v) is 2.66. The number of hydrogen-bond donors (Lipinski definition) is 1. The van der Waals surface area contributed by atoms with Crippen LogP contribution >= 0.6 is 11.3 Å². The van der Waals surface area contributed by atoms with Crippen LogP contribution in [-0.4, -0.2) is 6.04 Å². The minimum absolute atomic E-state index is 0.683. The van der Waals surface area contributed by atoms with Gasteiger partial charge in [-0.1, -0.05) is 25.3 Å². The molecule has 1 fully saturated rings. The highest BCUT2D eigenvalue weighted by Gasteiger charge is 2.19. The molecule has 0 spiro atoms. The van der Waals surface area contributed by atoms with Crippen LogP contribution < -0.4 is 5.32 Å². The van der Waals surface area contributed by atoms with Crippen molar-refractivity contribution >= 4 is 11.3 Å². The molecule has 1 aromatic heterocycles. The molecule has 1 saturated carbocycles. The van der Waals surface area contributed by atoms with E-state index in [1.807, 2.05) is 11.3 Å². The van der Waals surface area contributed by atoms with Crippen molar-refractivity contribution in [3.05, 3.63) is 22.4 Å². The van der Waals surface area contributed by atoms with E-state index >= 15 is 0 Å². The predicted molar refractivity (Wildman–Crippen MR) is 62.6 cm³/mol. The van der Waals surface area contributed by atoms with Gasteiger partial charge < -0.3 is 5.32 Å². The van der Waals surface area contributed by atoms with Gasteiger partial charge in [0.1, 0.15) is 0 Å². The van der Waals surface area contributed by atoms with Gasteiger partial charge in [-0.25, -0.2) is 0 Å². The molecule has 0 saturated heterocycles. The van der Waals surface area contributed by atoms with Crippen molar-refractivity contribution in [1.82, 2.24) is 5.32 Å². The van der Waals surface area contributed by atoms with E-state index in [9.17, 15) is 0 Å². The van der Waals surface area contributed by atoms with Crippen molar-refractivity contribution in [3.8, 4) is 0 Å². The smallest absolute Gasteiger partial charge is 0.0302 e. The molecule has 2 rings (SSSR count). The summed E-state index contributed by atoms with van der Waals surface area (Å²) < 4.78 is 0. The summed E-state index contributed by atoms with van der Waals surface area (Å²) in [5.74, 6) is 1.01. The fourth-order valence-electron chi connectivity index (χ4n) is 2.00. The lowest BCUT2D eigenvalue weighted by Gasteiger charge is -2.28. The fraction of sp³-hybridized carbons (Fsp3) is 0.667. The molecule has 1 atom stereocenters. The Morgan fingerprint density at radius 2 is 2.43 bits per heavy atom. The second-order valence-corrected chi connectivity index (χ2v) is 5.43. The summed E-state index contributed by atoms with van der Waals surface area (Å²) in [6.45, 7) is 3.36. The Morgan fingerprint density at radius 3 is 3.00 bits per heavy atom. The lowest BCUT2D eigenvalue weighted by molar-refractivity contribution is 0.266.